The third-order valence-electron chi connectivity index (χ3n) is 2.48. The Labute approximate surface area is 139 Å². The normalized spacial score (nSPS) is 10.2. The van der Waals surface area contributed by atoms with Crippen LogP contribution in [0.5, 0.6) is 0 Å². The maximum Gasteiger partial charge on any atom is 1.00 e. The zero-order valence-corrected chi connectivity index (χ0v) is 12.2. The Balaban J connectivity index is 0. The van der Waals surface area contributed by atoms with Crippen LogP contribution >= 0.6 is 0 Å². The van der Waals surface area contributed by atoms with Crippen molar-refractivity contribution < 1.29 is 70.5 Å². The van der Waals surface area contributed by atoms with Crippen molar-refractivity contribution >= 4 is 22.1 Å². The van der Waals surface area contributed by atoms with Gasteiger partial charge in [-0.1, -0.05) is 0 Å². The van der Waals surface area contributed by atoms with Gasteiger partial charge in [-0.3, -0.25) is 4.55 Å². The summed E-state index contributed by atoms with van der Waals surface area (Å²) in [5, 5.41) is 21.7. The van der Waals surface area contributed by atoms with Crippen molar-refractivity contribution in [2.45, 2.75) is 18.7 Å². The van der Waals surface area contributed by atoms with Gasteiger partial charge >= 0.3 is 37.7 Å². The van der Waals surface area contributed by atoms with E-state index in [-0.39, 0.29) is 48.8 Å². The van der Waals surface area contributed by atoms with E-state index < -0.39 is 38.1 Å². The van der Waals surface area contributed by atoms with E-state index in [0.29, 0.717) is 0 Å². The number of carboxylic acid groups (broad SMARTS) is 2. The molecule has 0 saturated carbocycles. The summed E-state index contributed by atoms with van der Waals surface area (Å²) in [6.07, 6.45) is 0. The summed E-state index contributed by atoms with van der Waals surface area (Å²) in [6.45, 7) is 2.66. The summed E-state index contributed by atoms with van der Waals surface area (Å²) in [6, 6.07) is 0.917. The number of benzene rings is 1. The van der Waals surface area contributed by atoms with Gasteiger partial charge in [0.1, 0.15) is 4.90 Å². The Kier molecular flexibility index (Phi) is 7.90. The molecule has 0 heterocycles. The Hall–Kier alpha value is -0.735. The predicted molar refractivity (Wildman–Crippen MR) is 54.4 cm³/mol. The number of carboxylic acids is 2. The van der Waals surface area contributed by atoms with Gasteiger partial charge in [0, 0.05) is 11.1 Å². The summed E-state index contributed by atoms with van der Waals surface area (Å²) in [5.74, 6) is -3.81. The van der Waals surface area contributed by atoms with E-state index in [1.54, 1.807) is 0 Å². The molecular weight excluding hydrogens is 278 g/mol. The molecule has 0 saturated heterocycles. The molecule has 0 aliphatic heterocycles. The van der Waals surface area contributed by atoms with E-state index >= 15 is 0 Å². The SMILES string of the molecule is Cc1cc(C(=O)[O-])c(S(=O)(=O)O)c(C(=O)[O-])c1C.[Li+].[Li+]. The molecule has 1 aromatic carbocycles. The van der Waals surface area contributed by atoms with Crippen molar-refractivity contribution in [2.24, 2.45) is 0 Å². The van der Waals surface area contributed by atoms with Crippen LogP contribution in [0.4, 0.5) is 0 Å². The maximum absolute atomic E-state index is 11.1. The van der Waals surface area contributed by atoms with Gasteiger partial charge in [-0.2, -0.15) is 8.42 Å². The van der Waals surface area contributed by atoms with Crippen molar-refractivity contribution in [3.8, 4) is 0 Å². The van der Waals surface area contributed by atoms with Crippen LogP contribution < -0.4 is 47.9 Å². The second kappa shape index (κ2) is 7.32. The van der Waals surface area contributed by atoms with Gasteiger partial charge < -0.3 is 19.8 Å². The van der Waals surface area contributed by atoms with Gasteiger partial charge in [0.15, 0.2) is 0 Å². The van der Waals surface area contributed by atoms with Crippen LogP contribution in [-0.4, -0.2) is 24.9 Å². The van der Waals surface area contributed by atoms with Gasteiger partial charge in [-0.05, 0) is 31.0 Å². The molecule has 7 nitrogen and oxygen atoms in total. The van der Waals surface area contributed by atoms with Gasteiger partial charge in [-0.25, -0.2) is 0 Å². The zero-order valence-electron chi connectivity index (χ0n) is 11.4. The molecule has 0 amide bonds. The number of hydrogen-bond acceptors (Lipinski definition) is 6. The molecule has 0 aromatic heterocycles. The molecule has 10 heteroatoms. The van der Waals surface area contributed by atoms with Crippen LogP contribution in [-0.2, 0) is 10.1 Å². The molecule has 0 fully saturated rings. The van der Waals surface area contributed by atoms with Crippen molar-refractivity contribution in [3.05, 3.63) is 28.3 Å². The fraction of sp³-hybridized carbons (Fsp3) is 0.200. The minimum atomic E-state index is -5.04. The molecule has 1 N–H and O–H groups in total. The van der Waals surface area contributed by atoms with Crippen molar-refractivity contribution in [1.29, 1.82) is 0 Å². The molecule has 0 spiro atoms. The topological polar surface area (TPSA) is 135 Å². The maximum atomic E-state index is 11.1. The third kappa shape index (κ3) is 4.13. The van der Waals surface area contributed by atoms with Crippen LogP contribution in [0.1, 0.15) is 31.8 Å². The first-order valence-electron chi connectivity index (χ1n) is 4.61. The summed E-state index contributed by atoms with van der Waals surface area (Å²) >= 11 is 0. The second-order valence-electron chi connectivity index (χ2n) is 3.62. The smallest absolute Gasteiger partial charge is 0.545 e. The molecule has 0 bridgehead atoms. The molecule has 1 aromatic rings. The average molecular weight is 286 g/mol. The quantitative estimate of drug-likeness (QED) is 0.430. The Morgan fingerprint density at radius 2 is 1.55 bits per heavy atom. The summed E-state index contributed by atoms with van der Waals surface area (Å²) in [7, 11) is -5.04. The largest absolute Gasteiger partial charge is 1.00 e. The van der Waals surface area contributed by atoms with E-state index in [0.717, 1.165) is 6.07 Å². The number of rotatable bonds is 3. The first kappa shape index (κ1) is 21.6. The Morgan fingerprint density at radius 1 is 1.10 bits per heavy atom. The van der Waals surface area contributed by atoms with Crippen LogP contribution in [0.2, 0.25) is 0 Å². The van der Waals surface area contributed by atoms with Gasteiger partial charge in [-0.15, -0.1) is 0 Å². The summed E-state index contributed by atoms with van der Waals surface area (Å²) in [5.41, 5.74) is -1.58. The molecule has 0 atom stereocenters. The number of carbonyl (C=O) groups excluding carboxylic acids is 2. The molecule has 0 aliphatic rings. The van der Waals surface area contributed by atoms with Crippen LogP contribution in [0.3, 0.4) is 0 Å². The number of hydrogen-bond donors (Lipinski definition) is 1. The first-order valence-corrected chi connectivity index (χ1v) is 6.05. The number of aromatic carboxylic acids is 2. The van der Waals surface area contributed by atoms with Gasteiger partial charge in [0.05, 0.1) is 11.9 Å². The van der Waals surface area contributed by atoms with Crippen molar-refractivity contribution in [3.63, 3.8) is 0 Å². The molecular formula is C10H8Li2O7S. The van der Waals surface area contributed by atoms with Crippen molar-refractivity contribution in [2.75, 3.05) is 0 Å². The van der Waals surface area contributed by atoms with Gasteiger partial charge in [0.2, 0.25) is 0 Å². The summed E-state index contributed by atoms with van der Waals surface area (Å²) < 4.78 is 31.2. The Bertz CT molecular complexity index is 652. The van der Waals surface area contributed by atoms with E-state index in [4.69, 9.17) is 4.55 Å². The predicted octanol–water partition coefficient (Wildman–Crippen LogP) is -7.71. The van der Waals surface area contributed by atoms with Crippen molar-refractivity contribution in [1.82, 2.24) is 0 Å². The number of aryl methyl sites for hydroxylation is 1. The van der Waals surface area contributed by atoms with E-state index in [1.807, 2.05) is 0 Å². The molecule has 0 aliphatic carbocycles. The minimum Gasteiger partial charge on any atom is -0.545 e. The molecule has 20 heavy (non-hydrogen) atoms. The minimum absolute atomic E-state index is 0. The van der Waals surface area contributed by atoms with Crippen LogP contribution in [0, 0.1) is 13.8 Å². The van der Waals surface area contributed by atoms with Gasteiger partial charge in [0.25, 0.3) is 10.1 Å². The monoisotopic (exact) mass is 286 g/mol. The standard InChI is InChI=1S/C10H10O7S.2Li/c1-4-3-6(9(11)12)8(18(15,16)17)7(5(4)2)10(13)14;;/h3H,1-2H3,(H,11,12)(H,13,14)(H,15,16,17);;/q;2*+1/p-2. The van der Waals surface area contributed by atoms with E-state index in [1.165, 1.54) is 13.8 Å². The fourth-order valence-electron chi connectivity index (χ4n) is 1.56. The molecule has 0 unspecified atom stereocenters. The fourth-order valence-corrected chi connectivity index (χ4v) is 2.47. The third-order valence-corrected chi connectivity index (χ3v) is 3.42. The van der Waals surface area contributed by atoms with E-state index in [9.17, 15) is 28.2 Å². The first-order chi connectivity index (χ1) is 8.07. The Morgan fingerprint density at radius 3 is 1.85 bits per heavy atom. The molecule has 1 rings (SSSR count). The zero-order chi connectivity index (χ0) is 14.2. The van der Waals surface area contributed by atoms with Crippen LogP contribution in [0.15, 0.2) is 11.0 Å². The van der Waals surface area contributed by atoms with E-state index in [2.05, 4.69) is 0 Å². The second-order valence-corrected chi connectivity index (χ2v) is 4.98. The van der Waals surface area contributed by atoms with Crippen LogP contribution in [0.25, 0.3) is 0 Å². The molecule has 0 radical (unpaired) electrons. The summed E-state index contributed by atoms with van der Waals surface area (Å²) in [4.78, 5) is 20.5. The average Bonchev–Trinajstić information content (AvgIpc) is 2.18. The molecule has 98 valence electrons. The number of carbonyl (C=O) groups is 2.